The second-order valence-corrected chi connectivity index (χ2v) is 5.13. The average Bonchev–Trinajstić information content (AvgIpc) is 2.29. The zero-order valence-electron chi connectivity index (χ0n) is 6.52. The van der Waals surface area contributed by atoms with Gasteiger partial charge in [0.15, 0.2) is 4.77 Å². The molecule has 0 atom stereocenters. The second-order valence-electron chi connectivity index (χ2n) is 2.48. The largest absolute Gasteiger partial charge is 0.306 e. The van der Waals surface area contributed by atoms with Gasteiger partial charge >= 0.3 is 0 Å². The van der Waals surface area contributed by atoms with Crippen molar-refractivity contribution >= 4 is 22.1 Å². The van der Waals surface area contributed by atoms with Gasteiger partial charge in [-0.25, -0.2) is 8.42 Å². The van der Waals surface area contributed by atoms with E-state index in [1.165, 1.54) is 12.6 Å². The first-order chi connectivity index (χ1) is 5.49. The van der Waals surface area contributed by atoms with Crippen LogP contribution in [0.3, 0.4) is 0 Å². The molecule has 68 valence electrons. The summed E-state index contributed by atoms with van der Waals surface area (Å²) in [5.74, 6) is 0.0842. The lowest BCUT2D eigenvalue weighted by Crippen LogP contribution is -2.10. The number of aromatic amines is 1. The molecule has 0 radical (unpaired) electrons. The van der Waals surface area contributed by atoms with Crippen molar-refractivity contribution in [3.8, 4) is 0 Å². The van der Waals surface area contributed by atoms with E-state index in [-0.39, 0.29) is 5.75 Å². The summed E-state index contributed by atoms with van der Waals surface area (Å²) in [7, 11) is -2.93. The van der Waals surface area contributed by atoms with Crippen LogP contribution < -0.4 is 0 Å². The number of hydrogen-bond donors (Lipinski definition) is 1. The number of aromatic nitrogens is 3. The molecule has 12 heavy (non-hydrogen) atoms. The Hall–Kier alpha value is -0.690. The standard InChI is InChI=1S/C5H9N3O2S2/c1-12(9,10)3-2-8-4-6-7-5(8)11/h4H,2-3H2,1H3,(H,7,11). The Morgan fingerprint density at radius 2 is 2.42 bits per heavy atom. The fourth-order valence-corrected chi connectivity index (χ4v) is 1.41. The molecule has 0 unspecified atom stereocenters. The Morgan fingerprint density at radius 3 is 2.83 bits per heavy atom. The van der Waals surface area contributed by atoms with Gasteiger partial charge in [0.25, 0.3) is 0 Å². The molecule has 0 aliphatic rings. The Kier molecular flexibility index (Phi) is 2.63. The molecule has 1 aromatic heterocycles. The van der Waals surface area contributed by atoms with E-state index in [1.54, 1.807) is 4.57 Å². The van der Waals surface area contributed by atoms with Crippen LogP contribution in [0, 0.1) is 4.77 Å². The number of hydrogen-bond acceptors (Lipinski definition) is 4. The van der Waals surface area contributed by atoms with Crippen molar-refractivity contribution < 1.29 is 8.42 Å². The number of aryl methyl sites for hydroxylation is 1. The van der Waals surface area contributed by atoms with Gasteiger partial charge in [-0.3, -0.25) is 5.10 Å². The molecule has 1 rings (SSSR count). The first-order valence-electron chi connectivity index (χ1n) is 3.26. The van der Waals surface area contributed by atoms with Crippen molar-refractivity contribution in [3.63, 3.8) is 0 Å². The maximum atomic E-state index is 10.8. The minimum absolute atomic E-state index is 0.0842. The fourth-order valence-electron chi connectivity index (χ4n) is 0.694. The highest BCUT2D eigenvalue weighted by atomic mass is 32.2. The van der Waals surface area contributed by atoms with E-state index in [0.29, 0.717) is 11.3 Å². The van der Waals surface area contributed by atoms with Gasteiger partial charge in [0.05, 0.1) is 5.75 Å². The zero-order valence-corrected chi connectivity index (χ0v) is 8.15. The molecule has 0 fully saturated rings. The molecule has 0 aliphatic heterocycles. The Balaban J connectivity index is 2.67. The van der Waals surface area contributed by atoms with Crippen LogP contribution in [0.1, 0.15) is 0 Å². The quantitative estimate of drug-likeness (QED) is 0.708. The molecule has 0 saturated heterocycles. The summed E-state index contributed by atoms with van der Waals surface area (Å²) in [6, 6.07) is 0. The van der Waals surface area contributed by atoms with Crippen LogP contribution in [0.4, 0.5) is 0 Å². The highest BCUT2D eigenvalue weighted by molar-refractivity contribution is 7.90. The molecule has 0 saturated carbocycles. The Labute approximate surface area is 75.3 Å². The number of nitrogens with one attached hydrogen (secondary N) is 1. The number of nitrogens with zero attached hydrogens (tertiary/aromatic N) is 2. The van der Waals surface area contributed by atoms with E-state index in [1.807, 2.05) is 0 Å². The number of rotatable bonds is 3. The van der Waals surface area contributed by atoms with Crippen molar-refractivity contribution in [3.05, 3.63) is 11.1 Å². The van der Waals surface area contributed by atoms with E-state index in [0.717, 1.165) is 0 Å². The average molecular weight is 207 g/mol. The predicted molar refractivity (Wildman–Crippen MR) is 47.1 cm³/mol. The first kappa shape index (κ1) is 9.40. The summed E-state index contributed by atoms with van der Waals surface area (Å²) >= 11 is 4.82. The summed E-state index contributed by atoms with van der Waals surface area (Å²) in [5, 5.41) is 6.20. The summed E-state index contributed by atoms with van der Waals surface area (Å²) in [5.41, 5.74) is 0. The minimum Gasteiger partial charge on any atom is -0.306 e. The lowest BCUT2D eigenvalue weighted by atomic mass is 10.7. The highest BCUT2D eigenvalue weighted by Gasteiger charge is 2.02. The van der Waals surface area contributed by atoms with Crippen molar-refractivity contribution in [1.82, 2.24) is 14.8 Å². The van der Waals surface area contributed by atoms with Gasteiger partial charge in [0.1, 0.15) is 16.2 Å². The van der Waals surface area contributed by atoms with E-state index in [9.17, 15) is 8.42 Å². The van der Waals surface area contributed by atoms with E-state index < -0.39 is 9.84 Å². The van der Waals surface area contributed by atoms with Gasteiger partial charge in [-0.05, 0) is 12.2 Å². The highest BCUT2D eigenvalue weighted by Crippen LogP contribution is 1.90. The van der Waals surface area contributed by atoms with Gasteiger partial charge in [0.2, 0.25) is 0 Å². The normalized spacial score (nSPS) is 11.8. The van der Waals surface area contributed by atoms with Crippen LogP contribution in [-0.4, -0.2) is 35.2 Å². The van der Waals surface area contributed by atoms with Crippen molar-refractivity contribution in [2.75, 3.05) is 12.0 Å². The van der Waals surface area contributed by atoms with Crippen LogP contribution >= 0.6 is 12.2 Å². The van der Waals surface area contributed by atoms with Gasteiger partial charge in [-0.15, -0.1) is 0 Å². The molecular weight excluding hydrogens is 198 g/mol. The lowest BCUT2D eigenvalue weighted by Gasteiger charge is -1.98. The molecule has 1 aromatic rings. The molecule has 0 spiro atoms. The fraction of sp³-hybridized carbons (Fsp3) is 0.600. The van der Waals surface area contributed by atoms with Gasteiger partial charge < -0.3 is 4.57 Å². The smallest absolute Gasteiger partial charge is 0.194 e. The summed E-state index contributed by atoms with van der Waals surface area (Å²) in [6.07, 6.45) is 2.67. The molecule has 1 N–H and O–H groups in total. The first-order valence-corrected chi connectivity index (χ1v) is 5.73. The third kappa shape index (κ3) is 2.74. The topological polar surface area (TPSA) is 67.8 Å². The molecule has 0 bridgehead atoms. The molecule has 1 heterocycles. The SMILES string of the molecule is CS(=O)(=O)CCn1cn[nH]c1=S. The van der Waals surface area contributed by atoms with Crippen LogP contribution in [0.2, 0.25) is 0 Å². The second kappa shape index (κ2) is 3.36. The predicted octanol–water partition coefficient (Wildman–Crippen LogP) is -0.0147. The van der Waals surface area contributed by atoms with E-state index >= 15 is 0 Å². The molecule has 5 nitrogen and oxygen atoms in total. The van der Waals surface area contributed by atoms with Gasteiger partial charge in [-0.2, -0.15) is 5.10 Å². The van der Waals surface area contributed by atoms with E-state index in [4.69, 9.17) is 12.2 Å². The third-order valence-electron chi connectivity index (χ3n) is 1.32. The third-order valence-corrected chi connectivity index (χ3v) is 2.57. The lowest BCUT2D eigenvalue weighted by molar-refractivity contribution is 0.594. The zero-order chi connectivity index (χ0) is 9.19. The van der Waals surface area contributed by atoms with Crippen LogP contribution in [0.15, 0.2) is 6.33 Å². The van der Waals surface area contributed by atoms with Crippen LogP contribution in [0.5, 0.6) is 0 Å². The van der Waals surface area contributed by atoms with E-state index in [2.05, 4.69) is 10.2 Å². The Bertz CT molecular complexity index is 402. The Morgan fingerprint density at radius 1 is 1.75 bits per heavy atom. The molecule has 0 aliphatic carbocycles. The number of H-pyrrole nitrogens is 1. The monoisotopic (exact) mass is 207 g/mol. The summed E-state index contributed by atoms with van der Waals surface area (Å²) < 4.78 is 23.5. The van der Waals surface area contributed by atoms with Gasteiger partial charge in [0, 0.05) is 12.8 Å². The molecule has 0 aromatic carbocycles. The van der Waals surface area contributed by atoms with Crippen molar-refractivity contribution in [2.45, 2.75) is 6.54 Å². The van der Waals surface area contributed by atoms with Crippen molar-refractivity contribution in [2.24, 2.45) is 0 Å². The van der Waals surface area contributed by atoms with Crippen LogP contribution in [0.25, 0.3) is 0 Å². The maximum absolute atomic E-state index is 10.8. The maximum Gasteiger partial charge on any atom is 0.194 e. The number of sulfone groups is 1. The van der Waals surface area contributed by atoms with Crippen molar-refractivity contribution in [1.29, 1.82) is 0 Å². The molecule has 7 heteroatoms. The van der Waals surface area contributed by atoms with Crippen LogP contribution in [-0.2, 0) is 16.4 Å². The molecular formula is C5H9N3O2S2. The summed E-state index contributed by atoms with van der Waals surface area (Å²) in [4.78, 5) is 0. The molecule has 0 amide bonds. The van der Waals surface area contributed by atoms with Gasteiger partial charge in [-0.1, -0.05) is 0 Å². The minimum atomic E-state index is -2.93. The summed E-state index contributed by atoms with van der Waals surface area (Å²) in [6.45, 7) is 0.355.